The zero-order chi connectivity index (χ0) is 9.26. The first-order valence-electron chi connectivity index (χ1n) is 4.61. The molecule has 2 rings (SSSR count). The van der Waals surface area contributed by atoms with Crippen LogP contribution in [0.1, 0.15) is 12.5 Å². The van der Waals surface area contributed by atoms with Gasteiger partial charge in [0.05, 0.1) is 5.92 Å². The van der Waals surface area contributed by atoms with E-state index < -0.39 is 0 Å². The molecular weight excluding hydrogens is 162 g/mol. The van der Waals surface area contributed by atoms with Crippen LogP contribution in [0.25, 0.3) is 0 Å². The predicted octanol–water partition coefficient (Wildman–Crippen LogP) is 1.36. The van der Waals surface area contributed by atoms with Gasteiger partial charge in [0.1, 0.15) is 0 Å². The molecule has 1 aliphatic rings. The predicted molar refractivity (Wildman–Crippen MR) is 51.2 cm³/mol. The van der Waals surface area contributed by atoms with Crippen LogP contribution in [0.3, 0.4) is 0 Å². The van der Waals surface area contributed by atoms with Gasteiger partial charge in [0, 0.05) is 6.04 Å². The van der Waals surface area contributed by atoms with Crippen LogP contribution in [0.15, 0.2) is 30.3 Å². The summed E-state index contributed by atoms with van der Waals surface area (Å²) in [4.78, 5) is 11.1. The lowest BCUT2D eigenvalue weighted by molar-refractivity contribution is -0.134. The summed E-state index contributed by atoms with van der Waals surface area (Å²) < 4.78 is 0. The van der Waals surface area contributed by atoms with Crippen molar-refractivity contribution in [1.29, 1.82) is 0 Å². The van der Waals surface area contributed by atoms with Crippen LogP contribution in [0, 0.1) is 5.92 Å². The number of carbonyl (C=O) groups is 1. The molecule has 2 nitrogen and oxygen atoms in total. The molecule has 0 aromatic heterocycles. The number of nitrogens with one attached hydrogen (secondary N) is 1. The molecule has 68 valence electrons. The van der Waals surface area contributed by atoms with Gasteiger partial charge in [0.15, 0.2) is 0 Å². The molecule has 1 saturated heterocycles. The summed E-state index contributed by atoms with van der Waals surface area (Å²) in [5.41, 5.74) is 1.24. The highest BCUT2D eigenvalue weighted by Gasteiger charge is 2.35. The van der Waals surface area contributed by atoms with E-state index >= 15 is 0 Å². The van der Waals surface area contributed by atoms with Gasteiger partial charge in [-0.2, -0.15) is 0 Å². The van der Waals surface area contributed by atoms with Crippen molar-refractivity contribution < 1.29 is 4.79 Å². The molecule has 1 N–H and O–H groups in total. The summed E-state index contributed by atoms with van der Waals surface area (Å²) in [7, 11) is 0. The van der Waals surface area contributed by atoms with Crippen LogP contribution in [0.4, 0.5) is 0 Å². The standard InChI is InChI=1S/C11H13NO/c1-8-10(11(13)12-8)7-9-5-3-2-4-6-9/h2-6,8,10H,7H2,1H3,(H,12,13)/t8-,10+/m1/s1. The second-order valence-corrected chi connectivity index (χ2v) is 3.59. The van der Waals surface area contributed by atoms with Gasteiger partial charge < -0.3 is 5.32 Å². The zero-order valence-electron chi connectivity index (χ0n) is 7.66. The number of rotatable bonds is 2. The molecule has 1 fully saturated rings. The monoisotopic (exact) mass is 175 g/mol. The smallest absolute Gasteiger partial charge is 0.225 e. The Bertz CT molecular complexity index is 307. The minimum atomic E-state index is 0.183. The number of carbonyl (C=O) groups excluding carboxylic acids is 1. The Balaban J connectivity index is 2.02. The normalized spacial score (nSPS) is 26.4. The molecule has 0 aliphatic carbocycles. The fraction of sp³-hybridized carbons (Fsp3) is 0.364. The second kappa shape index (κ2) is 3.21. The van der Waals surface area contributed by atoms with Crippen molar-refractivity contribution >= 4 is 5.91 Å². The van der Waals surface area contributed by atoms with Crippen molar-refractivity contribution in [3.63, 3.8) is 0 Å². The minimum Gasteiger partial charge on any atom is -0.353 e. The van der Waals surface area contributed by atoms with E-state index in [2.05, 4.69) is 24.4 Å². The number of hydrogen-bond acceptors (Lipinski definition) is 1. The van der Waals surface area contributed by atoms with E-state index in [4.69, 9.17) is 0 Å². The molecule has 1 aliphatic heterocycles. The highest BCUT2D eigenvalue weighted by Crippen LogP contribution is 2.19. The average Bonchev–Trinajstić information content (AvgIpc) is 2.16. The van der Waals surface area contributed by atoms with E-state index in [1.807, 2.05) is 18.2 Å². The fourth-order valence-electron chi connectivity index (χ4n) is 1.70. The molecule has 1 amide bonds. The van der Waals surface area contributed by atoms with Gasteiger partial charge >= 0.3 is 0 Å². The molecular formula is C11H13NO. The van der Waals surface area contributed by atoms with Gasteiger partial charge in [-0.15, -0.1) is 0 Å². The first-order valence-corrected chi connectivity index (χ1v) is 4.61. The van der Waals surface area contributed by atoms with Crippen LogP contribution in [-0.4, -0.2) is 11.9 Å². The van der Waals surface area contributed by atoms with Crippen LogP contribution >= 0.6 is 0 Å². The Morgan fingerprint density at radius 2 is 2.00 bits per heavy atom. The van der Waals surface area contributed by atoms with Crippen molar-refractivity contribution in [2.24, 2.45) is 5.92 Å². The van der Waals surface area contributed by atoms with Crippen LogP contribution in [-0.2, 0) is 11.2 Å². The van der Waals surface area contributed by atoms with E-state index in [0.717, 1.165) is 6.42 Å². The van der Waals surface area contributed by atoms with Gasteiger partial charge in [-0.05, 0) is 18.9 Å². The molecule has 13 heavy (non-hydrogen) atoms. The lowest BCUT2D eigenvalue weighted by Crippen LogP contribution is -2.57. The Kier molecular flexibility index (Phi) is 2.05. The van der Waals surface area contributed by atoms with Crippen LogP contribution < -0.4 is 5.32 Å². The fourth-order valence-corrected chi connectivity index (χ4v) is 1.70. The number of β-lactam (4-membered cyclic amide) rings is 1. The number of benzene rings is 1. The van der Waals surface area contributed by atoms with E-state index in [1.165, 1.54) is 5.56 Å². The summed E-state index contributed by atoms with van der Waals surface area (Å²) in [5.74, 6) is 0.374. The summed E-state index contributed by atoms with van der Waals surface area (Å²) in [6, 6.07) is 10.5. The van der Waals surface area contributed by atoms with Crippen molar-refractivity contribution in [3.05, 3.63) is 35.9 Å². The zero-order valence-corrected chi connectivity index (χ0v) is 7.66. The Morgan fingerprint density at radius 3 is 2.54 bits per heavy atom. The maximum Gasteiger partial charge on any atom is 0.225 e. The van der Waals surface area contributed by atoms with Crippen molar-refractivity contribution in [1.82, 2.24) is 5.32 Å². The lowest BCUT2D eigenvalue weighted by Gasteiger charge is -2.34. The lowest BCUT2D eigenvalue weighted by atomic mass is 9.86. The maximum atomic E-state index is 11.1. The van der Waals surface area contributed by atoms with Crippen molar-refractivity contribution in [2.75, 3.05) is 0 Å². The van der Waals surface area contributed by atoms with Gasteiger partial charge in [-0.1, -0.05) is 30.3 Å². The molecule has 0 saturated carbocycles. The van der Waals surface area contributed by atoms with E-state index in [1.54, 1.807) is 0 Å². The van der Waals surface area contributed by atoms with E-state index in [9.17, 15) is 4.79 Å². The largest absolute Gasteiger partial charge is 0.353 e. The molecule has 1 aromatic rings. The molecule has 0 spiro atoms. The van der Waals surface area contributed by atoms with Crippen molar-refractivity contribution in [2.45, 2.75) is 19.4 Å². The van der Waals surface area contributed by atoms with Gasteiger partial charge in [-0.25, -0.2) is 0 Å². The minimum absolute atomic E-state index is 0.183. The molecule has 2 atom stereocenters. The molecule has 0 bridgehead atoms. The first kappa shape index (κ1) is 8.30. The number of hydrogen-bond donors (Lipinski definition) is 1. The molecule has 0 unspecified atom stereocenters. The molecule has 0 radical (unpaired) electrons. The summed E-state index contributed by atoms with van der Waals surface area (Å²) in [6.07, 6.45) is 0.869. The van der Waals surface area contributed by atoms with Crippen LogP contribution in [0.2, 0.25) is 0 Å². The Hall–Kier alpha value is -1.31. The molecule has 2 heteroatoms. The average molecular weight is 175 g/mol. The highest BCUT2D eigenvalue weighted by atomic mass is 16.2. The second-order valence-electron chi connectivity index (χ2n) is 3.59. The SMILES string of the molecule is C[C@H]1NC(=O)[C@H]1Cc1ccccc1. The summed E-state index contributed by atoms with van der Waals surface area (Å²) >= 11 is 0. The molecule has 1 heterocycles. The third kappa shape index (κ3) is 1.57. The van der Waals surface area contributed by atoms with Crippen molar-refractivity contribution in [3.8, 4) is 0 Å². The maximum absolute atomic E-state index is 11.1. The quantitative estimate of drug-likeness (QED) is 0.676. The van der Waals surface area contributed by atoms with E-state index in [-0.39, 0.29) is 11.8 Å². The van der Waals surface area contributed by atoms with Gasteiger partial charge in [0.25, 0.3) is 0 Å². The van der Waals surface area contributed by atoms with Gasteiger partial charge in [0.2, 0.25) is 5.91 Å². The Labute approximate surface area is 78.0 Å². The third-order valence-electron chi connectivity index (χ3n) is 2.61. The topological polar surface area (TPSA) is 29.1 Å². The van der Waals surface area contributed by atoms with Crippen LogP contribution in [0.5, 0.6) is 0 Å². The molecule has 1 aromatic carbocycles. The van der Waals surface area contributed by atoms with Gasteiger partial charge in [-0.3, -0.25) is 4.79 Å². The van der Waals surface area contributed by atoms with E-state index in [0.29, 0.717) is 6.04 Å². The number of amides is 1. The third-order valence-corrected chi connectivity index (χ3v) is 2.61. The Morgan fingerprint density at radius 1 is 1.31 bits per heavy atom. The summed E-state index contributed by atoms with van der Waals surface area (Å²) in [5, 5.41) is 2.84. The first-order chi connectivity index (χ1) is 6.27. The highest BCUT2D eigenvalue weighted by molar-refractivity contribution is 5.85. The summed E-state index contributed by atoms with van der Waals surface area (Å²) in [6.45, 7) is 2.05.